The van der Waals surface area contributed by atoms with Crippen molar-refractivity contribution in [2.75, 3.05) is 25.4 Å². The molecular weight excluding hydrogens is 256 g/mol. The van der Waals surface area contributed by atoms with E-state index in [1.807, 2.05) is 6.92 Å². The molecule has 0 saturated heterocycles. The SMILES string of the molecule is CCNCCCS(=O)(=O)NCCc1nc(C)no1. The van der Waals surface area contributed by atoms with E-state index in [1.54, 1.807) is 6.92 Å². The predicted octanol–water partition coefficient (Wildman–Crippen LogP) is -0.160. The van der Waals surface area contributed by atoms with Gasteiger partial charge in [-0.25, -0.2) is 13.1 Å². The largest absolute Gasteiger partial charge is 0.339 e. The zero-order valence-corrected chi connectivity index (χ0v) is 11.6. The van der Waals surface area contributed by atoms with Crippen molar-refractivity contribution in [3.63, 3.8) is 0 Å². The molecule has 0 radical (unpaired) electrons. The molecule has 2 N–H and O–H groups in total. The van der Waals surface area contributed by atoms with E-state index < -0.39 is 10.0 Å². The number of hydrogen-bond acceptors (Lipinski definition) is 6. The normalized spacial score (nSPS) is 11.9. The third-order valence-electron chi connectivity index (χ3n) is 2.25. The molecule has 0 saturated carbocycles. The van der Waals surface area contributed by atoms with Gasteiger partial charge in [-0.1, -0.05) is 12.1 Å². The Morgan fingerprint density at radius 2 is 2.11 bits per heavy atom. The third-order valence-corrected chi connectivity index (χ3v) is 3.72. The van der Waals surface area contributed by atoms with Crippen LogP contribution in [0.25, 0.3) is 0 Å². The van der Waals surface area contributed by atoms with Crippen LogP contribution >= 0.6 is 0 Å². The van der Waals surface area contributed by atoms with Gasteiger partial charge in [0.1, 0.15) is 0 Å². The van der Waals surface area contributed by atoms with Crippen molar-refractivity contribution < 1.29 is 12.9 Å². The summed E-state index contributed by atoms with van der Waals surface area (Å²) in [5.74, 6) is 1.13. The Morgan fingerprint density at radius 3 is 2.72 bits per heavy atom. The first kappa shape index (κ1) is 15.1. The molecule has 0 aromatic carbocycles. The third kappa shape index (κ3) is 6.08. The minimum Gasteiger partial charge on any atom is -0.339 e. The summed E-state index contributed by atoms with van der Waals surface area (Å²) in [6.45, 7) is 5.55. The topological polar surface area (TPSA) is 97.1 Å². The fraction of sp³-hybridized carbons (Fsp3) is 0.800. The average molecular weight is 276 g/mol. The lowest BCUT2D eigenvalue weighted by Gasteiger charge is -2.05. The first-order valence-corrected chi connectivity index (χ1v) is 7.66. The molecule has 0 aliphatic carbocycles. The second kappa shape index (κ2) is 7.45. The lowest BCUT2D eigenvalue weighted by molar-refractivity contribution is 0.375. The van der Waals surface area contributed by atoms with Crippen molar-refractivity contribution in [3.05, 3.63) is 11.7 Å². The molecule has 0 spiro atoms. The Balaban J connectivity index is 2.20. The van der Waals surface area contributed by atoms with Gasteiger partial charge in [-0.2, -0.15) is 4.98 Å². The van der Waals surface area contributed by atoms with Crippen LogP contribution in [-0.4, -0.2) is 43.9 Å². The highest BCUT2D eigenvalue weighted by atomic mass is 32.2. The van der Waals surface area contributed by atoms with Gasteiger partial charge in [0, 0.05) is 13.0 Å². The summed E-state index contributed by atoms with van der Waals surface area (Å²) in [4.78, 5) is 3.99. The van der Waals surface area contributed by atoms with E-state index in [2.05, 4.69) is 20.2 Å². The van der Waals surface area contributed by atoms with E-state index in [9.17, 15) is 8.42 Å². The number of nitrogens with one attached hydrogen (secondary N) is 2. The Labute approximate surface area is 107 Å². The standard InChI is InChI=1S/C10H20N4O3S/c1-3-11-6-4-8-18(15,16)12-7-5-10-13-9(2)14-17-10/h11-12H,3-8H2,1-2H3. The van der Waals surface area contributed by atoms with Crippen molar-refractivity contribution in [1.82, 2.24) is 20.2 Å². The first-order valence-electron chi connectivity index (χ1n) is 6.00. The Kier molecular flexibility index (Phi) is 6.23. The molecule has 18 heavy (non-hydrogen) atoms. The second-order valence-corrected chi connectivity index (χ2v) is 5.83. The van der Waals surface area contributed by atoms with E-state index in [4.69, 9.17) is 4.52 Å². The maximum Gasteiger partial charge on any atom is 0.227 e. The number of aryl methyl sites for hydroxylation is 1. The van der Waals surface area contributed by atoms with Gasteiger partial charge in [-0.15, -0.1) is 0 Å². The highest BCUT2D eigenvalue weighted by molar-refractivity contribution is 7.89. The maximum atomic E-state index is 11.6. The smallest absolute Gasteiger partial charge is 0.227 e. The zero-order chi connectivity index (χ0) is 13.4. The quantitative estimate of drug-likeness (QED) is 0.608. The van der Waals surface area contributed by atoms with Gasteiger partial charge >= 0.3 is 0 Å². The van der Waals surface area contributed by atoms with Crippen molar-refractivity contribution >= 4 is 10.0 Å². The van der Waals surface area contributed by atoms with Crippen molar-refractivity contribution in [1.29, 1.82) is 0 Å². The van der Waals surface area contributed by atoms with Crippen LogP contribution in [0.2, 0.25) is 0 Å². The summed E-state index contributed by atoms with van der Waals surface area (Å²) < 4.78 is 30.6. The van der Waals surface area contributed by atoms with Gasteiger partial charge in [0.05, 0.1) is 5.75 Å². The number of rotatable bonds is 9. The minimum atomic E-state index is -3.21. The Hall–Kier alpha value is -0.990. The average Bonchev–Trinajstić information content (AvgIpc) is 2.70. The molecule has 0 aliphatic rings. The van der Waals surface area contributed by atoms with Gasteiger partial charge in [-0.05, 0) is 26.4 Å². The molecule has 8 heteroatoms. The molecule has 0 unspecified atom stereocenters. The van der Waals surface area contributed by atoms with E-state index >= 15 is 0 Å². The minimum absolute atomic E-state index is 0.128. The van der Waals surface area contributed by atoms with E-state index in [0.717, 1.165) is 6.54 Å². The van der Waals surface area contributed by atoms with E-state index in [0.29, 0.717) is 31.1 Å². The van der Waals surface area contributed by atoms with Crippen LogP contribution in [0.3, 0.4) is 0 Å². The van der Waals surface area contributed by atoms with Crippen LogP contribution in [0, 0.1) is 6.92 Å². The molecule has 0 amide bonds. The van der Waals surface area contributed by atoms with Crippen molar-refractivity contribution in [2.24, 2.45) is 0 Å². The van der Waals surface area contributed by atoms with Crippen LogP contribution in [0.5, 0.6) is 0 Å². The highest BCUT2D eigenvalue weighted by Crippen LogP contribution is 1.96. The maximum absolute atomic E-state index is 11.6. The lowest BCUT2D eigenvalue weighted by atomic mass is 10.4. The zero-order valence-electron chi connectivity index (χ0n) is 10.8. The van der Waals surface area contributed by atoms with Crippen LogP contribution in [0.1, 0.15) is 25.1 Å². The van der Waals surface area contributed by atoms with Crippen molar-refractivity contribution in [3.8, 4) is 0 Å². The molecular formula is C10H20N4O3S. The summed E-state index contributed by atoms with van der Waals surface area (Å²) in [6, 6.07) is 0. The molecule has 1 heterocycles. The molecule has 7 nitrogen and oxygen atoms in total. The molecule has 0 bridgehead atoms. The monoisotopic (exact) mass is 276 g/mol. The van der Waals surface area contributed by atoms with Crippen LogP contribution in [0.15, 0.2) is 4.52 Å². The van der Waals surface area contributed by atoms with Crippen molar-refractivity contribution in [2.45, 2.75) is 26.7 Å². The molecule has 1 aromatic rings. The molecule has 1 rings (SSSR count). The van der Waals surface area contributed by atoms with E-state index in [1.165, 1.54) is 0 Å². The predicted molar refractivity (Wildman–Crippen MR) is 67.7 cm³/mol. The van der Waals surface area contributed by atoms with Gasteiger partial charge < -0.3 is 9.84 Å². The fourth-order valence-corrected chi connectivity index (χ4v) is 2.47. The van der Waals surface area contributed by atoms with Gasteiger partial charge in [0.2, 0.25) is 15.9 Å². The van der Waals surface area contributed by atoms with E-state index in [-0.39, 0.29) is 12.3 Å². The number of sulfonamides is 1. The summed E-state index contributed by atoms with van der Waals surface area (Å²) in [7, 11) is -3.21. The summed E-state index contributed by atoms with van der Waals surface area (Å²) in [5, 5.41) is 6.71. The summed E-state index contributed by atoms with van der Waals surface area (Å²) >= 11 is 0. The molecule has 1 aromatic heterocycles. The number of nitrogens with zero attached hydrogens (tertiary/aromatic N) is 2. The van der Waals surface area contributed by atoms with Gasteiger partial charge in [0.15, 0.2) is 5.82 Å². The number of aromatic nitrogens is 2. The molecule has 0 fully saturated rings. The molecule has 104 valence electrons. The highest BCUT2D eigenvalue weighted by Gasteiger charge is 2.10. The van der Waals surface area contributed by atoms with Gasteiger partial charge in [0.25, 0.3) is 0 Å². The first-order chi connectivity index (χ1) is 8.53. The second-order valence-electron chi connectivity index (χ2n) is 3.91. The van der Waals surface area contributed by atoms with Crippen LogP contribution < -0.4 is 10.0 Å². The Morgan fingerprint density at radius 1 is 1.33 bits per heavy atom. The van der Waals surface area contributed by atoms with Gasteiger partial charge in [-0.3, -0.25) is 0 Å². The number of hydrogen-bond donors (Lipinski definition) is 2. The molecule has 0 aliphatic heterocycles. The van der Waals surface area contributed by atoms with Crippen LogP contribution in [0.4, 0.5) is 0 Å². The summed E-state index contributed by atoms with van der Waals surface area (Å²) in [5.41, 5.74) is 0. The lowest BCUT2D eigenvalue weighted by Crippen LogP contribution is -2.30. The fourth-order valence-electron chi connectivity index (χ4n) is 1.39. The molecule has 0 atom stereocenters. The Bertz CT molecular complexity index is 444. The summed E-state index contributed by atoms with van der Waals surface area (Å²) in [6.07, 6.45) is 1.01. The van der Waals surface area contributed by atoms with Crippen LogP contribution in [-0.2, 0) is 16.4 Å².